The molecule has 1 N–H and O–H groups in total. The zero-order valence-corrected chi connectivity index (χ0v) is 12.4. The molecule has 21 heavy (non-hydrogen) atoms. The number of aliphatic hydroxyl groups is 1. The van der Waals surface area contributed by atoms with Crippen molar-refractivity contribution in [3.8, 4) is 0 Å². The van der Waals surface area contributed by atoms with Gasteiger partial charge in [-0.15, -0.1) is 0 Å². The molecule has 2 aromatic rings. The van der Waals surface area contributed by atoms with Crippen LogP contribution < -0.4 is 0 Å². The summed E-state index contributed by atoms with van der Waals surface area (Å²) in [4.78, 5) is 12.3. The minimum Gasteiger partial charge on any atom is -0.388 e. The molecular weight excluding hydrogens is 268 g/mol. The van der Waals surface area contributed by atoms with Crippen LogP contribution >= 0.6 is 0 Å². The third-order valence-electron chi connectivity index (χ3n) is 2.80. The number of methoxy groups -OCH3 is 2. The smallest absolute Gasteiger partial charge is 0.258 e. The van der Waals surface area contributed by atoms with Gasteiger partial charge in [-0.2, -0.15) is 0 Å². The Morgan fingerprint density at radius 3 is 1.76 bits per heavy atom. The molecule has 1 unspecified atom stereocenters. The van der Waals surface area contributed by atoms with E-state index in [1.54, 1.807) is 62.8 Å². The molecule has 2 aromatic carbocycles. The second-order valence-electron chi connectivity index (χ2n) is 4.32. The van der Waals surface area contributed by atoms with Gasteiger partial charge in [0.25, 0.3) is 5.79 Å². The highest BCUT2D eigenvalue weighted by molar-refractivity contribution is 6.01. The first-order chi connectivity index (χ1) is 10.1. The highest BCUT2D eigenvalue weighted by atomic mass is 16.6. The van der Waals surface area contributed by atoms with E-state index in [-0.39, 0.29) is 0 Å². The van der Waals surface area contributed by atoms with Crippen LogP contribution in [0.25, 0.3) is 0 Å². The molecule has 1 atom stereocenters. The third-order valence-corrected chi connectivity index (χ3v) is 2.80. The van der Waals surface area contributed by atoms with E-state index in [1.165, 1.54) is 7.11 Å². The summed E-state index contributed by atoms with van der Waals surface area (Å²) in [6, 6.07) is 17.2. The first kappa shape index (κ1) is 17.0. The fraction of sp³-hybridized carbons (Fsp3) is 0.235. The summed E-state index contributed by atoms with van der Waals surface area (Å²) < 4.78 is 9.30. The predicted molar refractivity (Wildman–Crippen MR) is 81.1 cm³/mol. The molecule has 0 spiro atoms. The van der Waals surface area contributed by atoms with Gasteiger partial charge < -0.3 is 14.6 Å². The van der Waals surface area contributed by atoms with Crippen molar-refractivity contribution in [2.75, 3.05) is 21.3 Å². The van der Waals surface area contributed by atoms with Crippen molar-refractivity contribution < 1.29 is 19.4 Å². The summed E-state index contributed by atoms with van der Waals surface area (Å²) in [5, 5.41) is 10.4. The topological polar surface area (TPSA) is 55.8 Å². The van der Waals surface area contributed by atoms with Crippen molar-refractivity contribution in [2.24, 2.45) is 0 Å². The Labute approximate surface area is 125 Å². The highest BCUT2D eigenvalue weighted by Gasteiger charge is 2.38. The van der Waals surface area contributed by atoms with Crippen molar-refractivity contribution in [3.63, 3.8) is 0 Å². The molecule has 112 valence electrons. The van der Waals surface area contributed by atoms with Crippen LogP contribution in [0.15, 0.2) is 60.7 Å². The number of Topliss-reactive ketones (excluding diaryl/α,β-unsaturated/α-hetero) is 1. The van der Waals surface area contributed by atoms with Gasteiger partial charge in [0.2, 0.25) is 5.78 Å². The lowest BCUT2D eigenvalue weighted by molar-refractivity contribution is -0.153. The molecule has 0 heterocycles. The number of hydrogen-bond donors (Lipinski definition) is 1. The van der Waals surface area contributed by atoms with Crippen LogP contribution in [0.4, 0.5) is 0 Å². The second kappa shape index (κ2) is 8.32. The van der Waals surface area contributed by atoms with Crippen LogP contribution in [0, 0.1) is 0 Å². The van der Waals surface area contributed by atoms with E-state index in [2.05, 4.69) is 4.74 Å². The van der Waals surface area contributed by atoms with E-state index in [0.29, 0.717) is 11.1 Å². The van der Waals surface area contributed by atoms with Crippen molar-refractivity contribution in [1.82, 2.24) is 0 Å². The summed E-state index contributed by atoms with van der Waals surface area (Å²) >= 11 is 0. The molecule has 4 nitrogen and oxygen atoms in total. The number of hydrogen-bond acceptors (Lipinski definition) is 4. The Hall–Kier alpha value is -2.01. The zero-order chi connectivity index (χ0) is 15.7. The molecule has 2 rings (SSSR count). The molecule has 0 aromatic heterocycles. The lowest BCUT2D eigenvalue weighted by Crippen LogP contribution is -2.37. The van der Waals surface area contributed by atoms with E-state index in [1.807, 2.05) is 12.1 Å². The van der Waals surface area contributed by atoms with Crippen molar-refractivity contribution in [1.29, 1.82) is 0 Å². The van der Waals surface area contributed by atoms with Gasteiger partial charge in [0, 0.05) is 32.5 Å². The van der Waals surface area contributed by atoms with Crippen LogP contribution in [0.1, 0.15) is 15.9 Å². The summed E-state index contributed by atoms with van der Waals surface area (Å²) in [6.45, 7) is 0. The number of ether oxygens (including phenoxy) is 2. The minimum absolute atomic E-state index is 0.408. The maximum absolute atomic E-state index is 12.3. The average molecular weight is 288 g/mol. The molecule has 0 fully saturated rings. The fourth-order valence-corrected chi connectivity index (χ4v) is 1.79. The van der Waals surface area contributed by atoms with Gasteiger partial charge in [0.1, 0.15) is 0 Å². The van der Waals surface area contributed by atoms with Crippen LogP contribution in [0.5, 0.6) is 0 Å². The third kappa shape index (κ3) is 4.23. The van der Waals surface area contributed by atoms with Crippen LogP contribution in [-0.4, -0.2) is 32.2 Å². The Balaban J connectivity index is 0.000000677. The zero-order valence-electron chi connectivity index (χ0n) is 12.4. The van der Waals surface area contributed by atoms with Gasteiger partial charge >= 0.3 is 0 Å². The number of benzene rings is 2. The predicted octanol–water partition coefficient (Wildman–Crippen LogP) is 2.62. The Morgan fingerprint density at radius 2 is 1.33 bits per heavy atom. The molecule has 0 aliphatic carbocycles. The van der Waals surface area contributed by atoms with E-state index >= 15 is 0 Å². The largest absolute Gasteiger partial charge is 0.388 e. The van der Waals surface area contributed by atoms with E-state index in [4.69, 9.17) is 4.74 Å². The molecule has 0 amide bonds. The average Bonchev–Trinajstić information content (AvgIpc) is 2.56. The first-order valence-corrected chi connectivity index (χ1v) is 6.43. The van der Waals surface area contributed by atoms with E-state index in [9.17, 15) is 9.90 Å². The van der Waals surface area contributed by atoms with Crippen molar-refractivity contribution in [2.45, 2.75) is 5.79 Å². The number of rotatable bonds is 4. The lowest BCUT2D eigenvalue weighted by atomic mass is 9.96. The Bertz CT molecular complexity index is 539. The van der Waals surface area contributed by atoms with E-state index in [0.717, 1.165) is 0 Å². The normalized spacial score (nSPS) is 12.8. The summed E-state index contributed by atoms with van der Waals surface area (Å²) in [6.07, 6.45) is 0. The molecule has 0 saturated heterocycles. The Morgan fingerprint density at radius 1 is 0.905 bits per heavy atom. The van der Waals surface area contributed by atoms with Gasteiger partial charge in [-0.05, 0) is 0 Å². The van der Waals surface area contributed by atoms with Crippen LogP contribution in [0.2, 0.25) is 0 Å². The van der Waals surface area contributed by atoms with Crippen molar-refractivity contribution in [3.05, 3.63) is 71.8 Å². The minimum atomic E-state index is -1.94. The maximum Gasteiger partial charge on any atom is 0.258 e. The maximum atomic E-state index is 12.3. The van der Waals surface area contributed by atoms with Gasteiger partial charge in [0.15, 0.2) is 0 Å². The lowest BCUT2D eigenvalue weighted by Gasteiger charge is -2.25. The summed E-state index contributed by atoms with van der Waals surface area (Å²) in [7, 11) is 4.56. The molecule has 0 aliphatic rings. The highest BCUT2D eigenvalue weighted by Crippen LogP contribution is 2.26. The number of ketones is 1. The SMILES string of the molecule is COC.COC(O)(C(=O)c1ccccc1)c1ccccc1. The van der Waals surface area contributed by atoms with Gasteiger partial charge in [-0.3, -0.25) is 4.79 Å². The summed E-state index contributed by atoms with van der Waals surface area (Å²) in [5.41, 5.74) is 0.826. The molecule has 4 heteroatoms. The van der Waals surface area contributed by atoms with Gasteiger partial charge in [-0.1, -0.05) is 60.7 Å². The van der Waals surface area contributed by atoms with Crippen LogP contribution in [0.3, 0.4) is 0 Å². The Kier molecular flexibility index (Phi) is 6.75. The second-order valence-corrected chi connectivity index (χ2v) is 4.32. The standard InChI is InChI=1S/C15H14O3.C2H6O/c1-18-15(17,13-10-6-3-7-11-13)14(16)12-8-4-2-5-9-12;1-3-2/h2-11,17H,1H3;1-2H3. The van der Waals surface area contributed by atoms with E-state index < -0.39 is 11.6 Å². The molecule has 0 radical (unpaired) electrons. The summed E-state index contributed by atoms with van der Waals surface area (Å²) in [5.74, 6) is -2.42. The number of carbonyl (C=O) groups is 1. The van der Waals surface area contributed by atoms with Gasteiger partial charge in [-0.25, -0.2) is 0 Å². The fourth-order valence-electron chi connectivity index (χ4n) is 1.79. The van der Waals surface area contributed by atoms with Gasteiger partial charge in [0.05, 0.1) is 0 Å². The molecule has 0 saturated carbocycles. The molecule has 0 aliphatic heterocycles. The quantitative estimate of drug-likeness (QED) is 0.694. The van der Waals surface area contributed by atoms with Crippen LogP contribution in [-0.2, 0) is 15.3 Å². The van der Waals surface area contributed by atoms with Crippen molar-refractivity contribution >= 4 is 5.78 Å². The first-order valence-electron chi connectivity index (χ1n) is 6.43. The number of carbonyl (C=O) groups excluding carboxylic acids is 1. The molecule has 0 bridgehead atoms. The molecular formula is C17H20O4. The monoisotopic (exact) mass is 288 g/mol.